The predicted octanol–water partition coefficient (Wildman–Crippen LogP) is 2.43. The normalized spacial score (nSPS) is 17.6. The van der Waals surface area contributed by atoms with Gasteiger partial charge in [-0.05, 0) is 30.9 Å². The summed E-state index contributed by atoms with van der Waals surface area (Å²) < 4.78 is 28.3. The van der Waals surface area contributed by atoms with Gasteiger partial charge >= 0.3 is 16.2 Å². The van der Waals surface area contributed by atoms with Gasteiger partial charge in [-0.1, -0.05) is 24.6 Å². The van der Waals surface area contributed by atoms with Crippen molar-refractivity contribution < 1.29 is 18.3 Å². The van der Waals surface area contributed by atoms with Gasteiger partial charge < -0.3 is 5.11 Å². The first kappa shape index (κ1) is 16.1. The molecule has 8 heteroatoms. The van der Waals surface area contributed by atoms with Crippen molar-refractivity contribution in [2.45, 2.75) is 19.8 Å². The highest BCUT2D eigenvalue weighted by Gasteiger charge is 2.28. The number of nitrogens with one attached hydrogen (secondary N) is 1. The van der Waals surface area contributed by atoms with Gasteiger partial charge in [-0.15, -0.1) is 0 Å². The summed E-state index contributed by atoms with van der Waals surface area (Å²) in [6.07, 6.45) is 1.57. The average Bonchev–Trinajstić information content (AvgIpc) is 2.41. The third kappa shape index (κ3) is 3.66. The predicted molar refractivity (Wildman–Crippen MR) is 80.9 cm³/mol. The third-order valence-electron chi connectivity index (χ3n) is 3.56. The van der Waals surface area contributed by atoms with Crippen molar-refractivity contribution in [2.24, 2.45) is 5.92 Å². The fourth-order valence-corrected chi connectivity index (χ4v) is 3.80. The number of nitrogens with zero attached hydrogens (tertiary/aromatic N) is 1. The van der Waals surface area contributed by atoms with E-state index in [1.807, 2.05) is 0 Å². The van der Waals surface area contributed by atoms with Crippen LogP contribution in [0.2, 0.25) is 5.02 Å². The van der Waals surface area contributed by atoms with E-state index in [4.69, 9.17) is 16.7 Å². The van der Waals surface area contributed by atoms with Crippen LogP contribution in [0.1, 0.15) is 30.1 Å². The highest BCUT2D eigenvalue weighted by Crippen LogP contribution is 2.28. The Balaban J connectivity index is 2.27. The van der Waals surface area contributed by atoms with Crippen LogP contribution in [0.5, 0.6) is 0 Å². The molecule has 0 unspecified atom stereocenters. The lowest BCUT2D eigenvalue weighted by atomic mass is 10.0. The molecule has 0 atom stereocenters. The summed E-state index contributed by atoms with van der Waals surface area (Å²) in [5.74, 6) is -0.742. The van der Waals surface area contributed by atoms with Gasteiger partial charge in [0.15, 0.2) is 0 Å². The number of rotatable bonds is 4. The Bertz CT molecular complexity index is 640. The maximum atomic E-state index is 12.4. The van der Waals surface area contributed by atoms with Crippen molar-refractivity contribution in [2.75, 3.05) is 17.8 Å². The van der Waals surface area contributed by atoms with Gasteiger partial charge in [-0.2, -0.15) is 12.7 Å². The number of hydrogen-bond donors (Lipinski definition) is 2. The Labute approximate surface area is 128 Å². The maximum Gasteiger partial charge on any atom is 0.337 e. The number of carbonyl (C=O) groups is 1. The molecule has 0 aliphatic carbocycles. The Morgan fingerprint density at radius 3 is 2.57 bits per heavy atom. The van der Waals surface area contributed by atoms with Crippen molar-refractivity contribution in [3.8, 4) is 0 Å². The molecule has 1 saturated heterocycles. The van der Waals surface area contributed by atoms with E-state index >= 15 is 0 Å². The molecule has 2 rings (SSSR count). The summed E-state index contributed by atoms with van der Waals surface area (Å²) >= 11 is 5.93. The molecule has 116 valence electrons. The topological polar surface area (TPSA) is 86.7 Å². The average molecular weight is 333 g/mol. The lowest BCUT2D eigenvalue weighted by molar-refractivity contribution is 0.0698. The summed E-state index contributed by atoms with van der Waals surface area (Å²) in [5.41, 5.74) is -0.262. The fraction of sp³-hybridized carbons (Fsp3) is 0.462. The molecule has 6 nitrogen and oxygen atoms in total. The number of piperidine rings is 1. The van der Waals surface area contributed by atoms with Crippen molar-refractivity contribution >= 4 is 33.5 Å². The lowest BCUT2D eigenvalue weighted by Crippen LogP contribution is -2.41. The first-order valence-electron chi connectivity index (χ1n) is 6.61. The number of anilines is 1. The molecule has 1 aliphatic rings. The van der Waals surface area contributed by atoms with Crippen LogP contribution in [-0.2, 0) is 10.2 Å². The number of para-hydroxylation sites is 1. The number of halogens is 1. The largest absolute Gasteiger partial charge is 0.478 e. The Kier molecular flexibility index (Phi) is 4.75. The van der Waals surface area contributed by atoms with Crippen molar-refractivity contribution in [1.29, 1.82) is 0 Å². The molecule has 0 radical (unpaired) electrons. The van der Waals surface area contributed by atoms with Crippen molar-refractivity contribution in [3.63, 3.8) is 0 Å². The highest BCUT2D eigenvalue weighted by molar-refractivity contribution is 7.90. The van der Waals surface area contributed by atoms with Gasteiger partial charge in [0.2, 0.25) is 0 Å². The van der Waals surface area contributed by atoms with Gasteiger partial charge in [-0.25, -0.2) is 4.79 Å². The standard InChI is InChI=1S/C13H17ClN2O4S/c1-9-5-7-16(8-6-9)21(19,20)15-12-10(13(17)18)3-2-4-11(12)14/h2-4,9,15H,5-8H2,1H3,(H,17,18). The molecule has 1 aromatic carbocycles. The van der Waals surface area contributed by atoms with Crippen LogP contribution in [0, 0.1) is 5.92 Å². The zero-order valence-electron chi connectivity index (χ0n) is 11.5. The van der Waals surface area contributed by atoms with Crippen molar-refractivity contribution in [1.82, 2.24) is 4.31 Å². The molecule has 0 bridgehead atoms. The maximum absolute atomic E-state index is 12.4. The zero-order chi connectivity index (χ0) is 15.6. The number of carboxylic acids is 1. The summed E-state index contributed by atoms with van der Waals surface area (Å²) in [5, 5.41) is 9.18. The van der Waals surface area contributed by atoms with Crippen LogP contribution in [0.3, 0.4) is 0 Å². The van der Waals surface area contributed by atoms with Gasteiger partial charge in [0.25, 0.3) is 0 Å². The molecular weight excluding hydrogens is 316 g/mol. The van der Waals surface area contributed by atoms with Crippen LogP contribution < -0.4 is 4.72 Å². The summed E-state index contributed by atoms with van der Waals surface area (Å²) in [6.45, 7) is 2.92. The van der Waals surface area contributed by atoms with Gasteiger partial charge in [-0.3, -0.25) is 4.72 Å². The lowest BCUT2D eigenvalue weighted by Gasteiger charge is -2.29. The van der Waals surface area contributed by atoms with Crippen molar-refractivity contribution in [3.05, 3.63) is 28.8 Å². The van der Waals surface area contributed by atoms with E-state index in [1.54, 1.807) is 0 Å². The van der Waals surface area contributed by atoms with E-state index in [9.17, 15) is 13.2 Å². The molecule has 2 N–H and O–H groups in total. The highest BCUT2D eigenvalue weighted by atomic mass is 35.5. The third-order valence-corrected chi connectivity index (χ3v) is 5.38. The monoisotopic (exact) mass is 332 g/mol. The second kappa shape index (κ2) is 6.21. The SMILES string of the molecule is CC1CCN(S(=O)(=O)Nc2c(Cl)cccc2C(=O)O)CC1. The van der Waals surface area contributed by atoms with Crippen LogP contribution in [-0.4, -0.2) is 36.9 Å². The molecular formula is C13H17ClN2O4S. The molecule has 1 aromatic rings. The molecule has 0 saturated carbocycles. The first-order valence-corrected chi connectivity index (χ1v) is 8.43. The Morgan fingerprint density at radius 2 is 2.00 bits per heavy atom. The molecule has 0 amide bonds. The van der Waals surface area contributed by atoms with E-state index in [1.165, 1.54) is 22.5 Å². The second-order valence-corrected chi connectivity index (χ2v) is 7.23. The molecule has 1 heterocycles. The number of carboxylic acid groups (broad SMARTS) is 1. The summed E-state index contributed by atoms with van der Waals surface area (Å²) in [6, 6.07) is 4.22. The van der Waals surface area contributed by atoms with E-state index in [0.717, 1.165) is 12.8 Å². The minimum atomic E-state index is -3.80. The summed E-state index contributed by atoms with van der Waals surface area (Å²) in [4.78, 5) is 11.2. The van der Waals surface area contributed by atoms with E-state index in [2.05, 4.69) is 11.6 Å². The van der Waals surface area contributed by atoms with Gasteiger partial charge in [0.05, 0.1) is 16.3 Å². The minimum absolute atomic E-state index is 0.0591. The second-order valence-electron chi connectivity index (χ2n) is 5.16. The quantitative estimate of drug-likeness (QED) is 0.886. The zero-order valence-corrected chi connectivity index (χ0v) is 13.1. The van der Waals surface area contributed by atoms with Crippen LogP contribution in [0.15, 0.2) is 18.2 Å². The number of benzene rings is 1. The molecule has 1 fully saturated rings. The smallest absolute Gasteiger partial charge is 0.337 e. The van der Waals surface area contributed by atoms with Crippen LogP contribution in [0.25, 0.3) is 0 Å². The fourth-order valence-electron chi connectivity index (χ4n) is 2.22. The molecule has 21 heavy (non-hydrogen) atoms. The van der Waals surface area contributed by atoms with Crippen LogP contribution >= 0.6 is 11.6 Å². The molecule has 0 spiro atoms. The summed E-state index contributed by atoms with van der Waals surface area (Å²) in [7, 11) is -3.80. The first-order chi connectivity index (χ1) is 9.81. The Morgan fingerprint density at radius 1 is 1.38 bits per heavy atom. The molecule has 1 aliphatic heterocycles. The van der Waals surface area contributed by atoms with E-state index in [0.29, 0.717) is 19.0 Å². The molecule has 0 aromatic heterocycles. The van der Waals surface area contributed by atoms with Crippen LogP contribution in [0.4, 0.5) is 5.69 Å². The number of aromatic carboxylic acids is 1. The minimum Gasteiger partial charge on any atom is -0.478 e. The van der Waals surface area contributed by atoms with Gasteiger partial charge in [0.1, 0.15) is 0 Å². The van der Waals surface area contributed by atoms with Gasteiger partial charge in [0, 0.05) is 13.1 Å². The van der Waals surface area contributed by atoms with E-state index < -0.39 is 16.2 Å². The number of hydrogen-bond acceptors (Lipinski definition) is 3. The van der Waals surface area contributed by atoms with E-state index in [-0.39, 0.29) is 16.3 Å². The Hall–Kier alpha value is -1.31.